The SMILES string of the molecule is N#CCOc1ccc([N+](=O)[O-])cc1CCl. The highest BCUT2D eigenvalue weighted by Crippen LogP contribution is 2.25. The van der Waals surface area contributed by atoms with E-state index in [-0.39, 0.29) is 18.2 Å². The summed E-state index contributed by atoms with van der Waals surface area (Å²) in [5.74, 6) is 0.500. The highest BCUT2D eigenvalue weighted by Gasteiger charge is 2.10. The number of non-ortho nitro benzene ring substituents is 1. The van der Waals surface area contributed by atoms with Gasteiger partial charge in [0.2, 0.25) is 0 Å². The molecule has 6 heteroatoms. The van der Waals surface area contributed by atoms with Gasteiger partial charge in [-0.1, -0.05) is 0 Å². The molecule has 0 atom stereocenters. The number of benzene rings is 1. The van der Waals surface area contributed by atoms with Crippen molar-refractivity contribution in [2.75, 3.05) is 6.61 Å². The Kier molecular flexibility index (Phi) is 3.89. The molecule has 5 nitrogen and oxygen atoms in total. The van der Waals surface area contributed by atoms with Crippen molar-refractivity contribution in [3.05, 3.63) is 33.9 Å². The molecule has 0 bridgehead atoms. The fourth-order valence-electron chi connectivity index (χ4n) is 1.03. The fraction of sp³-hybridized carbons (Fsp3) is 0.222. The van der Waals surface area contributed by atoms with Crippen LogP contribution in [0.5, 0.6) is 5.75 Å². The molecule has 0 radical (unpaired) electrons. The van der Waals surface area contributed by atoms with E-state index in [1.165, 1.54) is 18.2 Å². The Hall–Kier alpha value is -1.80. The predicted molar refractivity (Wildman–Crippen MR) is 53.8 cm³/mol. The van der Waals surface area contributed by atoms with E-state index in [1.54, 1.807) is 6.07 Å². The van der Waals surface area contributed by atoms with Crippen molar-refractivity contribution in [1.82, 2.24) is 0 Å². The Morgan fingerprint density at radius 2 is 2.33 bits per heavy atom. The monoisotopic (exact) mass is 226 g/mol. The zero-order valence-corrected chi connectivity index (χ0v) is 8.40. The van der Waals surface area contributed by atoms with Crippen LogP contribution in [0.4, 0.5) is 5.69 Å². The van der Waals surface area contributed by atoms with Gasteiger partial charge in [-0.2, -0.15) is 5.26 Å². The zero-order valence-electron chi connectivity index (χ0n) is 7.64. The molecule has 0 fully saturated rings. The Labute approximate surface area is 91.0 Å². The minimum atomic E-state index is -0.510. The van der Waals surface area contributed by atoms with Crippen molar-refractivity contribution in [2.24, 2.45) is 0 Å². The zero-order chi connectivity index (χ0) is 11.3. The Balaban J connectivity index is 2.99. The van der Waals surface area contributed by atoms with Crippen LogP contribution in [0.25, 0.3) is 0 Å². The molecular weight excluding hydrogens is 220 g/mol. The number of ether oxygens (including phenoxy) is 1. The van der Waals surface area contributed by atoms with Gasteiger partial charge < -0.3 is 4.74 Å². The lowest BCUT2D eigenvalue weighted by molar-refractivity contribution is -0.384. The maximum atomic E-state index is 10.5. The van der Waals surface area contributed by atoms with Crippen molar-refractivity contribution >= 4 is 17.3 Å². The van der Waals surface area contributed by atoms with Crippen molar-refractivity contribution < 1.29 is 9.66 Å². The third kappa shape index (κ3) is 2.82. The summed E-state index contributed by atoms with van der Waals surface area (Å²) in [6, 6.07) is 5.88. The average molecular weight is 227 g/mol. The van der Waals surface area contributed by atoms with Crippen LogP contribution in [-0.2, 0) is 5.88 Å². The molecular formula is C9H7ClN2O3. The van der Waals surface area contributed by atoms with Crippen LogP contribution in [0.2, 0.25) is 0 Å². The van der Waals surface area contributed by atoms with Crippen LogP contribution >= 0.6 is 11.6 Å². The van der Waals surface area contributed by atoms with Gasteiger partial charge in [0.15, 0.2) is 6.61 Å². The molecule has 1 aromatic rings. The van der Waals surface area contributed by atoms with Gasteiger partial charge in [0.1, 0.15) is 11.8 Å². The Bertz CT molecular complexity index is 414. The minimum Gasteiger partial charge on any atom is -0.478 e. The summed E-state index contributed by atoms with van der Waals surface area (Å²) in [4.78, 5) is 9.95. The van der Waals surface area contributed by atoms with Gasteiger partial charge in [-0.15, -0.1) is 11.6 Å². The first kappa shape index (κ1) is 11.3. The number of nitriles is 1. The molecule has 0 N–H and O–H groups in total. The largest absolute Gasteiger partial charge is 0.478 e. The van der Waals surface area contributed by atoms with E-state index in [4.69, 9.17) is 21.6 Å². The lowest BCUT2D eigenvalue weighted by Gasteiger charge is -2.05. The quantitative estimate of drug-likeness (QED) is 0.448. The lowest BCUT2D eigenvalue weighted by Crippen LogP contribution is -1.98. The number of hydrogen-bond acceptors (Lipinski definition) is 4. The first-order chi connectivity index (χ1) is 7.19. The number of alkyl halides is 1. The van der Waals surface area contributed by atoms with E-state index in [9.17, 15) is 10.1 Å². The summed E-state index contributed by atoms with van der Waals surface area (Å²) in [7, 11) is 0. The molecule has 0 aliphatic rings. The van der Waals surface area contributed by atoms with Gasteiger partial charge in [0.25, 0.3) is 5.69 Å². The normalized spacial score (nSPS) is 9.33. The van der Waals surface area contributed by atoms with Gasteiger partial charge in [0, 0.05) is 17.7 Å². The van der Waals surface area contributed by atoms with E-state index >= 15 is 0 Å². The van der Waals surface area contributed by atoms with Crippen molar-refractivity contribution in [3.8, 4) is 11.8 Å². The second-order valence-electron chi connectivity index (χ2n) is 2.63. The number of nitro benzene ring substituents is 1. The third-order valence-corrected chi connectivity index (χ3v) is 1.98. The molecule has 0 unspecified atom stereocenters. The van der Waals surface area contributed by atoms with E-state index in [1.807, 2.05) is 0 Å². The van der Waals surface area contributed by atoms with E-state index in [0.717, 1.165) is 0 Å². The van der Waals surface area contributed by atoms with Gasteiger partial charge >= 0.3 is 0 Å². The predicted octanol–water partition coefficient (Wildman–Crippen LogP) is 2.24. The number of nitrogens with zero attached hydrogens (tertiary/aromatic N) is 2. The molecule has 0 saturated heterocycles. The summed E-state index contributed by atoms with van der Waals surface area (Å²) in [6.07, 6.45) is 0. The van der Waals surface area contributed by atoms with Crippen molar-refractivity contribution in [1.29, 1.82) is 5.26 Å². The maximum Gasteiger partial charge on any atom is 0.270 e. The Morgan fingerprint density at radius 1 is 1.60 bits per heavy atom. The van der Waals surface area contributed by atoms with Gasteiger partial charge in [-0.05, 0) is 6.07 Å². The minimum absolute atomic E-state index is 0.0463. The highest BCUT2D eigenvalue weighted by molar-refractivity contribution is 6.17. The van der Waals surface area contributed by atoms with Gasteiger partial charge in [0.05, 0.1) is 10.8 Å². The first-order valence-corrected chi connectivity index (χ1v) is 4.55. The molecule has 1 rings (SSSR count). The number of hydrogen-bond donors (Lipinski definition) is 0. The topological polar surface area (TPSA) is 76.2 Å². The first-order valence-electron chi connectivity index (χ1n) is 4.02. The Morgan fingerprint density at radius 3 is 2.87 bits per heavy atom. The van der Waals surface area contributed by atoms with Crippen molar-refractivity contribution in [2.45, 2.75) is 5.88 Å². The maximum absolute atomic E-state index is 10.5. The summed E-state index contributed by atoms with van der Waals surface area (Å²) in [6.45, 7) is -0.109. The molecule has 0 amide bonds. The van der Waals surface area contributed by atoms with Crippen LogP contribution in [0.15, 0.2) is 18.2 Å². The molecule has 78 valence electrons. The molecule has 0 spiro atoms. The molecule has 1 aromatic carbocycles. The number of nitro groups is 1. The second-order valence-corrected chi connectivity index (χ2v) is 2.90. The average Bonchev–Trinajstić information content (AvgIpc) is 2.25. The molecule has 0 heterocycles. The van der Waals surface area contributed by atoms with Crippen molar-refractivity contribution in [3.63, 3.8) is 0 Å². The van der Waals surface area contributed by atoms with Gasteiger partial charge in [-0.3, -0.25) is 10.1 Å². The summed E-state index contributed by atoms with van der Waals surface area (Å²) in [5.41, 5.74) is 0.455. The van der Waals surface area contributed by atoms with E-state index in [0.29, 0.717) is 11.3 Å². The highest BCUT2D eigenvalue weighted by atomic mass is 35.5. The molecule has 0 aliphatic heterocycles. The van der Waals surface area contributed by atoms with Gasteiger partial charge in [-0.25, -0.2) is 0 Å². The summed E-state index contributed by atoms with van der Waals surface area (Å²) in [5, 5.41) is 18.8. The summed E-state index contributed by atoms with van der Waals surface area (Å²) >= 11 is 5.60. The fourth-order valence-corrected chi connectivity index (χ4v) is 1.24. The lowest BCUT2D eigenvalue weighted by atomic mass is 10.2. The van der Waals surface area contributed by atoms with Crippen LogP contribution in [-0.4, -0.2) is 11.5 Å². The second kappa shape index (κ2) is 5.17. The van der Waals surface area contributed by atoms with E-state index in [2.05, 4.69) is 0 Å². The van der Waals surface area contributed by atoms with Crippen LogP contribution in [0.1, 0.15) is 5.56 Å². The number of halogens is 1. The molecule has 0 aromatic heterocycles. The van der Waals surface area contributed by atoms with E-state index < -0.39 is 4.92 Å². The smallest absolute Gasteiger partial charge is 0.270 e. The number of rotatable bonds is 4. The standard InChI is InChI=1S/C9H7ClN2O3/c10-6-7-5-8(12(13)14)1-2-9(7)15-4-3-11/h1-2,5H,4,6H2. The third-order valence-electron chi connectivity index (χ3n) is 1.69. The van der Waals surface area contributed by atoms with Crippen LogP contribution < -0.4 is 4.74 Å². The van der Waals surface area contributed by atoms with Crippen LogP contribution in [0, 0.1) is 21.4 Å². The molecule has 0 aliphatic carbocycles. The molecule has 0 saturated carbocycles. The summed E-state index contributed by atoms with van der Waals surface area (Å²) < 4.78 is 5.04. The van der Waals surface area contributed by atoms with Crippen LogP contribution in [0.3, 0.4) is 0 Å². The molecule has 15 heavy (non-hydrogen) atoms.